The molecule has 1 aromatic heterocycles. The van der Waals surface area contributed by atoms with Gasteiger partial charge in [0.2, 0.25) is 0 Å². The highest BCUT2D eigenvalue weighted by atomic mass is 35.5. The van der Waals surface area contributed by atoms with E-state index in [1.165, 1.54) is 49.9 Å². The number of nitrogens with zero attached hydrogens (tertiary/aromatic N) is 2. The summed E-state index contributed by atoms with van der Waals surface area (Å²) in [7, 11) is -4.00. The largest absolute Gasteiger partial charge is 0.349 e. The highest BCUT2D eigenvalue weighted by Crippen LogP contribution is 2.23. The maximum atomic E-state index is 13.1. The number of rotatable bonds is 10. The Morgan fingerprint density at radius 2 is 1.58 bits per heavy atom. The maximum Gasteiger partial charge on any atom is 0.273 e. The topological polar surface area (TPSA) is 105 Å². The number of carbonyl (C=O) groups is 1. The third-order valence-corrected chi connectivity index (χ3v) is 7.98. The van der Waals surface area contributed by atoms with Crippen LogP contribution >= 0.6 is 23.2 Å². The van der Waals surface area contributed by atoms with Crippen LogP contribution in [0, 0.1) is 0 Å². The summed E-state index contributed by atoms with van der Waals surface area (Å²) in [5.41, 5.74) is 0.867. The second kappa shape index (κ2) is 12.1. The monoisotopic (exact) mass is 549 g/mol. The average Bonchev–Trinajstić information content (AvgIpc) is 3.25. The summed E-state index contributed by atoms with van der Waals surface area (Å²) in [6.07, 6.45) is 7.49. The van der Waals surface area contributed by atoms with Gasteiger partial charge in [-0.15, -0.1) is 0 Å². The number of hydrogen-bond acceptors (Lipinski definition) is 5. The first-order valence-electron chi connectivity index (χ1n) is 11.9. The number of carbonyl (C=O) groups excluding carboxylic acids is 1. The minimum atomic E-state index is -4.00. The van der Waals surface area contributed by atoms with E-state index in [0.717, 1.165) is 18.4 Å². The molecule has 0 saturated heterocycles. The normalized spacial score (nSPS) is 14.5. The molecule has 2 aromatic carbocycles. The second-order valence-corrected chi connectivity index (χ2v) is 11.4. The first kappa shape index (κ1) is 26.5. The number of hydrogen-bond donors (Lipinski definition) is 3. The first-order chi connectivity index (χ1) is 17.3. The van der Waals surface area contributed by atoms with Crippen LogP contribution in [-0.2, 0) is 16.6 Å². The number of sulfonamides is 1. The van der Waals surface area contributed by atoms with Crippen molar-refractivity contribution in [3.8, 4) is 0 Å². The molecule has 3 aromatic rings. The lowest BCUT2D eigenvalue weighted by Gasteiger charge is -2.22. The van der Waals surface area contributed by atoms with Crippen molar-refractivity contribution in [2.45, 2.75) is 49.6 Å². The van der Waals surface area contributed by atoms with E-state index >= 15 is 0 Å². The molecule has 0 bridgehead atoms. The Hall–Kier alpha value is -2.59. The molecule has 1 aliphatic carbocycles. The van der Waals surface area contributed by atoms with E-state index in [-0.39, 0.29) is 16.4 Å². The van der Waals surface area contributed by atoms with Crippen LogP contribution in [0.2, 0.25) is 10.0 Å². The molecular formula is C25H29Cl2N5O3S. The molecule has 36 heavy (non-hydrogen) atoms. The first-order valence-corrected chi connectivity index (χ1v) is 14.2. The molecule has 1 aliphatic rings. The van der Waals surface area contributed by atoms with Gasteiger partial charge >= 0.3 is 0 Å². The highest BCUT2D eigenvalue weighted by Gasteiger charge is 2.24. The van der Waals surface area contributed by atoms with Crippen LogP contribution in [-0.4, -0.2) is 43.0 Å². The molecule has 0 radical (unpaired) electrons. The lowest BCUT2D eigenvalue weighted by atomic mass is 9.95. The van der Waals surface area contributed by atoms with E-state index in [2.05, 4.69) is 20.3 Å². The van der Waals surface area contributed by atoms with Crippen molar-refractivity contribution < 1.29 is 13.2 Å². The molecule has 0 aliphatic heterocycles. The molecule has 0 unspecified atom stereocenters. The van der Waals surface area contributed by atoms with Crippen molar-refractivity contribution in [1.82, 2.24) is 20.2 Å². The summed E-state index contributed by atoms with van der Waals surface area (Å²) >= 11 is 11.9. The molecule has 4 rings (SSSR count). The van der Waals surface area contributed by atoms with E-state index in [1.54, 1.807) is 16.7 Å². The fourth-order valence-corrected chi connectivity index (χ4v) is 5.54. The number of aromatic nitrogens is 2. The third kappa shape index (κ3) is 7.00. The van der Waals surface area contributed by atoms with Crippen LogP contribution < -0.4 is 15.4 Å². The van der Waals surface area contributed by atoms with Gasteiger partial charge in [0.05, 0.1) is 17.8 Å². The number of nitrogens with one attached hydrogen (secondary N) is 3. The summed E-state index contributed by atoms with van der Waals surface area (Å²) in [6, 6.07) is 13.4. The van der Waals surface area contributed by atoms with Crippen LogP contribution in [0.25, 0.3) is 0 Å². The number of imidazole rings is 1. The van der Waals surface area contributed by atoms with Crippen LogP contribution in [0.5, 0.6) is 0 Å². The van der Waals surface area contributed by atoms with Crippen molar-refractivity contribution in [1.29, 1.82) is 0 Å². The zero-order valence-corrected chi connectivity index (χ0v) is 22.0. The zero-order chi connectivity index (χ0) is 25.5. The van der Waals surface area contributed by atoms with Crippen LogP contribution in [0.4, 0.5) is 5.82 Å². The van der Waals surface area contributed by atoms with Gasteiger partial charge in [0.15, 0.2) is 11.5 Å². The number of halogens is 2. The molecule has 1 saturated carbocycles. The van der Waals surface area contributed by atoms with Gasteiger partial charge in [0, 0.05) is 29.2 Å². The zero-order valence-electron chi connectivity index (χ0n) is 19.7. The Balaban J connectivity index is 1.51. The average molecular weight is 551 g/mol. The summed E-state index contributed by atoms with van der Waals surface area (Å²) in [5.74, 6) is -0.373. The molecule has 1 amide bonds. The standard InChI is InChI=1S/C25H29Cl2N5O3S/c26-19-8-6-18(7-9-19)16-32-17-30-23(25(33)29-15-14-28-21-4-2-1-3-5-21)24(32)31-36(34,35)22-12-10-20(27)11-13-22/h6-13,17,21,28,31H,1-5,14-16H2,(H,29,33). The summed E-state index contributed by atoms with van der Waals surface area (Å²) in [5, 5.41) is 7.34. The molecule has 3 N–H and O–H groups in total. The fourth-order valence-electron chi connectivity index (χ4n) is 4.20. The number of amides is 1. The summed E-state index contributed by atoms with van der Waals surface area (Å²) in [6.45, 7) is 1.33. The molecule has 8 nitrogen and oxygen atoms in total. The predicted molar refractivity (Wildman–Crippen MR) is 142 cm³/mol. The SMILES string of the molecule is O=C(NCCNC1CCCCC1)c1ncn(Cc2ccc(Cl)cc2)c1NS(=O)(=O)c1ccc(Cl)cc1. The van der Waals surface area contributed by atoms with Crippen LogP contribution in [0.3, 0.4) is 0 Å². The van der Waals surface area contributed by atoms with E-state index in [0.29, 0.717) is 35.7 Å². The van der Waals surface area contributed by atoms with Crippen molar-refractivity contribution >= 4 is 45.0 Å². The highest BCUT2D eigenvalue weighted by molar-refractivity contribution is 7.92. The van der Waals surface area contributed by atoms with E-state index in [4.69, 9.17) is 23.2 Å². The van der Waals surface area contributed by atoms with Gasteiger partial charge in [-0.25, -0.2) is 13.4 Å². The Bertz CT molecular complexity index is 1270. The minimum absolute atomic E-state index is 0.000770. The van der Waals surface area contributed by atoms with E-state index in [1.807, 2.05) is 12.1 Å². The number of benzene rings is 2. The number of anilines is 1. The molecule has 0 spiro atoms. The molecule has 1 fully saturated rings. The van der Waals surface area contributed by atoms with Crippen molar-refractivity contribution in [3.63, 3.8) is 0 Å². The van der Waals surface area contributed by atoms with Crippen LogP contribution in [0.15, 0.2) is 59.8 Å². The molecule has 0 atom stereocenters. The quantitative estimate of drug-likeness (QED) is 0.318. The Morgan fingerprint density at radius 1 is 0.944 bits per heavy atom. The van der Waals surface area contributed by atoms with E-state index in [9.17, 15) is 13.2 Å². The third-order valence-electron chi connectivity index (χ3n) is 6.12. The minimum Gasteiger partial charge on any atom is -0.349 e. The Kier molecular flexibility index (Phi) is 8.90. The Morgan fingerprint density at radius 3 is 2.25 bits per heavy atom. The van der Waals surface area contributed by atoms with Gasteiger partial charge < -0.3 is 15.2 Å². The molecular weight excluding hydrogens is 521 g/mol. The summed E-state index contributed by atoms with van der Waals surface area (Å²) < 4.78 is 30.4. The lowest BCUT2D eigenvalue weighted by Crippen LogP contribution is -2.38. The molecule has 11 heteroatoms. The second-order valence-electron chi connectivity index (χ2n) is 8.80. The lowest BCUT2D eigenvalue weighted by molar-refractivity contribution is 0.0949. The van der Waals surface area contributed by atoms with Gasteiger partial charge in [-0.2, -0.15) is 0 Å². The van der Waals surface area contributed by atoms with Gasteiger partial charge in [-0.3, -0.25) is 9.52 Å². The predicted octanol–water partition coefficient (Wildman–Crippen LogP) is 4.69. The van der Waals surface area contributed by atoms with Gasteiger partial charge in [-0.1, -0.05) is 54.6 Å². The molecule has 192 valence electrons. The van der Waals surface area contributed by atoms with Crippen molar-refractivity contribution in [3.05, 3.63) is 76.2 Å². The van der Waals surface area contributed by atoms with Crippen LogP contribution in [0.1, 0.15) is 48.2 Å². The smallest absolute Gasteiger partial charge is 0.273 e. The van der Waals surface area contributed by atoms with Gasteiger partial charge in [0.25, 0.3) is 15.9 Å². The van der Waals surface area contributed by atoms with Gasteiger partial charge in [-0.05, 0) is 54.8 Å². The van der Waals surface area contributed by atoms with Crippen molar-refractivity contribution in [2.75, 3.05) is 17.8 Å². The van der Waals surface area contributed by atoms with E-state index < -0.39 is 15.9 Å². The van der Waals surface area contributed by atoms with Crippen molar-refractivity contribution in [2.24, 2.45) is 0 Å². The van der Waals surface area contributed by atoms with Gasteiger partial charge in [0.1, 0.15) is 0 Å². The maximum absolute atomic E-state index is 13.1. The Labute approximate surface area is 221 Å². The molecule has 1 heterocycles. The summed E-state index contributed by atoms with van der Waals surface area (Å²) in [4.78, 5) is 17.3. The fraction of sp³-hybridized carbons (Fsp3) is 0.360.